The third kappa shape index (κ3) is 3.21. The largest absolute Gasteiger partial charge is 1.00 e. The minimum absolute atomic E-state index is 0. The van der Waals surface area contributed by atoms with Gasteiger partial charge in [-0.2, -0.15) is 0 Å². The van der Waals surface area contributed by atoms with Gasteiger partial charge in [-0.3, -0.25) is 0 Å². The van der Waals surface area contributed by atoms with E-state index in [4.69, 9.17) is 28.6 Å². The van der Waals surface area contributed by atoms with E-state index in [1.165, 1.54) is 12.1 Å². The number of halogens is 3. The molecule has 82 valence electrons. The number of hydrogen-bond donors (Lipinski definition) is 0. The van der Waals surface area contributed by atoms with Gasteiger partial charge in [0.1, 0.15) is 0 Å². The summed E-state index contributed by atoms with van der Waals surface area (Å²) in [5.41, 5.74) is -0.0698. The molecule has 0 unspecified atom stereocenters. The summed E-state index contributed by atoms with van der Waals surface area (Å²) in [4.78, 5) is 2.67. The standard InChI is InChI=1S/C7H5Cl2N2O2S.ClH/c1-14(12,13)6-3-4(8)2-5(11-10)7(6)9;/h2-3H,1H3;1H/q+1;/p-1. The molecule has 0 aliphatic heterocycles. The van der Waals surface area contributed by atoms with Gasteiger partial charge in [0.2, 0.25) is 5.39 Å². The molecule has 0 bridgehead atoms. The summed E-state index contributed by atoms with van der Waals surface area (Å²) in [7, 11) is -3.48. The van der Waals surface area contributed by atoms with Crippen molar-refractivity contribution in [2.24, 2.45) is 0 Å². The molecule has 0 amide bonds. The second-order valence-electron chi connectivity index (χ2n) is 2.61. The summed E-state index contributed by atoms with van der Waals surface area (Å²) < 4.78 is 22.4. The number of benzene rings is 1. The lowest BCUT2D eigenvalue weighted by Crippen LogP contribution is -3.00. The Bertz CT molecular complexity index is 522. The van der Waals surface area contributed by atoms with Crippen molar-refractivity contribution in [1.29, 1.82) is 5.39 Å². The van der Waals surface area contributed by atoms with Crippen LogP contribution in [0.2, 0.25) is 10.0 Å². The molecule has 0 aromatic heterocycles. The smallest absolute Gasteiger partial charge is 0.406 e. The van der Waals surface area contributed by atoms with Gasteiger partial charge in [-0.15, -0.1) is 0 Å². The lowest BCUT2D eigenvalue weighted by molar-refractivity contribution is -0.00000541. The minimum atomic E-state index is -3.48. The van der Waals surface area contributed by atoms with E-state index >= 15 is 0 Å². The van der Waals surface area contributed by atoms with Crippen LogP contribution in [0.15, 0.2) is 17.0 Å². The third-order valence-corrected chi connectivity index (χ3v) is 3.34. The van der Waals surface area contributed by atoms with Crippen LogP contribution in [0.1, 0.15) is 0 Å². The van der Waals surface area contributed by atoms with Gasteiger partial charge in [-0.25, -0.2) is 8.42 Å². The molecule has 0 N–H and O–H groups in total. The van der Waals surface area contributed by atoms with Crippen molar-refractivity contribution >= 4 is 38.7 Å². The Morgan fingerprint density at radius 1 is 1.33 bits per heavy atom. The molecule has 1 rings (SSSR count). The van der Waals surface area contributed by atoms with E-state index in [2.05, 4.69) is 4.98 Å². The Morgan fingerprint density at radius 2 is 1.87 bits per heavy atom. The molecule has 0 aliphatic carbocycles. The fourth-order valence-electron chi connectivity index (χ4n) is 0.893. The molecule has 0 aliphatic rings. The van der Waals surface area contributed by atoms with E-state index in [0.29, 0.717) is 0 Å². The number of hydrogen-bond acceptors (Lipinski definition) is 3. The van der Waals surface area contributed by atoms with E-state index in [-0.39, 0.29) is 33.0 Å². The first-order chi connectivity index (χ1) is 6.36. The monoisotopic (exact) mass is 286 g/mol. The molecule has 0 radical (unpaired) electrons. The van der Waals surface area contributed by atoms with Crippen LogP contribution in [0.5, 0.6) is 0 Å². The lowest BCUT2D eigenvalue weighted by Gasteiger charge is -1.99. The lowest BCUT2D eigenvalue weighted by atomic mass is 10.3. The van der Waals surface area contributed by atoms with Crippen LogP contribution < -0.4 is 12.4 Å². The first-order valence-corrected chi connectivity index (χ1v) is 6.05. The Morgan fingerprint density at radius 3 is 2.27 bits per heavy atom. The van der Waals surface area contributed by atoms with Gasteiger partial charge in [-0.1, -0.05) is 23.2 Å². The van der Waals surface area contributed by atoms with Crippen LogP contribution in [0.4, 0.5) is 5.69 Å². The summed E-state index contributed by atoms with van der Waals surface area (Å²) in [6.45, 7) is 0. The van der Waals surface area contributed by atoms with Crippen LogP contribution in [0.25, 0.3) is 4.98 Å². The van der Waals surface area contributed by atoms with Crippen LogP contribution in [-0.4, -0.2) is 14.7 Å². The summed E-state index contributed by atoms with van der Waals surface area (Å²) in [5, 5.41) is 8.52. The molecule has 0 saturated carbocycles. The summed E-state index contributed by atoms with van der Waals surface area (Å²) in [6, 6.07) is 2.46. The van der Waals surface area contributed by atoms with Crippen LogP contribution in [0, 0.1) is 5.39 Å². The Labute approximate surface area is 103 Å². The predicted octanol–water partition coefficient (Wildman–Crippen LogP) is -0.115. The van der Waals surface area contributed by atoms with Crippen molar-refractivity contribution in [3.8, 4) is 0 Å². The Kier molecular flexibility index (Phi) is 4.81. The SMILES string of the molecule is CS(=O)(=O)c1cc(Cl)cc([N+]#N)c1Cl.[Cl-]. The first-order valence-electron chi connectivity index (χ1n) is 3.40. The Balaban J connectivity index is 0.00000196. The fourth-order valence-corrected chi connectivity index (χ4v) is 2.51. The minimum Gasteiger partial charge on any atom is -1.00 e. The highest BCUT2D eigenvalue weighted by Crippen LogP contribution is 2.34. The zero-order valence-electron chi connectivity index (χ0n) is 7.41. The summed E-state index contributed by atoms with van der Waals surface area (Å²) in [5.74, 6) is 0. The van der Waals surface area contributed by atoms with E-state index in [1.54, 1.807) is 0 Å². The molecule has 8 heteroatoms. The molecular weight excluding hydrogens is 283 g/mol. The van der Waals surface area contributed by atoms with Gasteiger partial charge in [0.05, 0.1) is 16.0 Å². The molecular formula is C7H5Cl3N2O2S. The van der Waals surface area contributed by atoms with Crippen LogP contribution in [0.3, 0.4) is 0 Å². The number of nitrogens with zero attached hydrogens (tertiary/aromatic N) is 2. The van der Waals surface area contributed by atoms with Crippen molar-refractivity contribution in [3.63, 3.8) is 0 Å². The highest BCUT2D eigenvalue weighted by molar-refractivity contribution is 7.90. The average Bonchev–Trinajstić information content (AvgIpc) is 2.06. The van der Waals surface area contributed by atoms with E-state index in [0.717, 1.165) is 6.26 Å². The fraction of sp³-hybridized carbons (Fsp3) is 0.143. The molecule has 0 heterocycles. The zero-order chi connectivity index (χ0) is 10.9. The zero-order valence-corrected chi connectivity index (χ0v) is 10.5. The maximum absolute atomic E-state index is 11.2. The molecule has 0 saturated heterocycles. The normalized spacial score (nSPS) is 10.3. The van der Waals surface area contributed by atoms with Gasteiger partial charge in [-0.05, 0) is 6.07 Å². The number of diazo groups is 1. The van der Waals surface area contributed by atoms with Crippen molar-refractivity contribution < 1.29 is 20.8 Å². The Hall–Kier alpha value is -0.540. The van der Waals surface area contributed by atoms with Crippen molar-refractivity contribution in [3.05, 3.63) is 27.2 Å². The maximum Gasteiger partial charge on any atom is 0.406 e. The van der Waals surface area contributed by atoms with Crippen molar-refractivity contribution in [2.45, 2.75) is 4.90 Å². The molecule has 15 heavy (non-hydrogen) atoms. The van der Waals surface area contributed by atoms with Gasteiger partial charge in [0.15, 0.2) is 19.8 Å². The molecule has 4 nitrogen and oxygen atoms in total. The predicted molar refractivity (Wildman–Crippen MR) is 54.3 cm³/mol. The summed E-state index contributed by atoms with van der Waals surface area (Å²) in [6.07, 6.45) is 0.992. The highest BCUT2D eigenvalue weighted by atomic mass is 35.5. The molecule has 1 aromatic carbocycles. The van der Waals surface area contributed by atoms with Gasteiger partial charge in [0.25, 0.3) is 0 Å². The van der Waals surface area contributed by atoms with E-state index in [9.17, 15) is 8.42 Å². The van der Waals surface area contributed by atoms with Crippen LogP contribution in [-0.2, 0) is 9.84 Å². The van der Waals surface area contributed by atoms with Gasteiger partial charge in [0, 0.05) is 6.26 Å². The molecule has 1 aromatic rings. The third-order valence-electron chi connectivity index (χ3n) is 1.49. The van der Waals surface area contributed by atoms with Gasteiger partial charge < -0.3 is 12.4 Å². The van der Waals surface area contributed by atoms with E-state index < -0.39 is 9.84 Å². The summed E-state index contributed by atoms with van der Waals surface area (Å²) >= 11 is 11.3. The quantitative estimate of drug-likeness (QED) is 0.677. The van der Waals surface area contributed by atoms with Crippen molar-refractivity contribution in [1.82, 2.24) is 0 Å². The molecule has 0 spiro atoms. The highest BCUT2D eigenvalue weighted by Gasteiger charge is 2.23. The van der Waals surface area contributed by atoms with Crippen LogP contribution >= 0.6 is 23.2 Å². The number of sulfone groups is 1. The second kappa shape index (κ2) is 4.99. The maximum atomic E-state index is 11.2. The second-order valence-corrected chi connectivity index (χ2v) is 5.41. The van der Waals surface area contributed by atoms with Crippen molar-refractivity contribution in [2.75, 3.05) is 6.26 Å². The van der Waals surface area contributed by atoms with E-state index in [1.807, 2.05) is 0 Å². The topological polar surface area (TPSA) is 62.3 Å². The first kappa shape index (κ1) is 14.5. The number of rotatable bonds is 1. The molecule has 0 atom stereocenters. The average molecular weight is 288 g/mol. The molecule has 0 fully saturated rings. The van der Waals surface area contributed by atoms with Gasteiger partial charge >= 0.3 is 5.69 Å².